The van der Waals surface area contributed by atoms with Crippen molar-refractivity contribution in [2.24, 2.45) is 17.1 Å². The first-order valence-corrected chi connectivity index (χ1v) is 9.19. The fourth-order valence-electron chi connectivity index (χ4n) is 4.94. The van der Waals surface area contributed by atoms with Crippen LogP contribution in [-0.4, -0.2) is 30.2 Å². The van der Waals surface area contributed by atoms with Crippen LogP contribution in [0.1, 0.15) is 71.6 Å². The van der Waals surface area contributed by atoms with Gasteiger partial charge in [-0.2, -0.15) is 0 Å². The molecule has 3 N–H and O–H groups in total. The van der Waals surface area contributed by atoms with Gasteiger partial charge in [-0.05, 0) is 25.7 Å². The number of carbonyl (C=O) groups is 1. The van der Waals surface area contributed by atoms with Gasteiger partial charge >= 0.3 is 0 Å². The van der Waals surface area contributed by atoms with Crippen LogP contribution in [0.25, 0.3) is 0 Å². The highest BCUT2D eigenvalue weighted by atomic mass is 35.5. The van der Waals surface area contributed by atoms with E-state index in [0.29, 0.717) is 6.04 Å². The zero-order chi connectivity index (χ0) is 15.8. The Hall–Kier alpha value is -0.320. The zero-order valence-electron chi connectivity index (χ0n) is 14.6. The lowest BCUT2D eigenvalue weighted by Gasteiger charge is -2.65. The van der Waals surface area contributed by atoms with E-state index in [2.05, 4.69) is 19.2 Å². The van der Waals surface area contributed by atoms with Gasteiger partial charge in [0.2, 0.25) is 5.91 Å². The monoisotopic (exact) mass is 344 g/mol. The van der Waals surface area contributed by atoms with Crippen molar-refractivity contribution in [3.8, 4) is 0 Å². The second-order valence-corrected chi connectivity index (χ2v) is 8.15. The third-order valence-corrected chi connectivity index (χ3v) is 6.50. The van der Waals surface area contributed by atoms with Gasteiger partial charge in [0.1, 0.15) is 5.54 Å². The summed E-state index contributed by atoms with van der Waals surface area (Å²) in [6.45, 7) is 5.00. The molecule has 1 amide bonds. The first-order chi connectivity index (χ1) is 10.5. The second-order valence-electron chi connectivity index (χ2n) is 8.15. The van der Waals surface area contributed by atoms with Crippen molar-refractivity contribution in [2.45, 2.75) is 89.3 Å². The minimum absolute atomic E-state index is 0. The molecule has 1 heterocycles. The number of amides is 1. The van der Waals surface area contributed by atoms with E-state index in [1.807, 2.05) is 0 Å². The molecule has 134 valence electrons. The van der Waals surface area contributed by atoms with E-state index in [1.54, 1.807) is 0 Å². The Bertz CT molecular complexity index is 421. The van der Waals surface area contributed by atoms with Crippen molar-refractivity contribution in [3.05, 3.63) is 0 Å². The van der Waals surface area contributed by atoms with Gasteiger partial charge in [0.15, 0.2) is 0 Å². The van der Waals surface area contributed by atoms with Crippen LogP contribution in [0, 0.1) is 11.3 Å². The number of carbonyl (C=O) groups excluding carboxylic acids is 1. The number of rotatable bonds is 2. The molecule has 5 heteroatoms. The Labute approximate surface area is 146 Å². The van der Waals surface area contributed by atoms with Crippen LogP contribution >= 0.6 is 12.4 Å². The largest absolute Gasteiger partial charge is 0.377 e. The highest BCUT2D eigenvalue weighted by Crippen LogP contribution is 2.57. The normalized spacial score (nSPS) is 37.3. The van der Waals surface area contributed by atoms with E-state index >= 15 is 0 Å². The molecule has 0 aromatic rings. The summed E-state index contributed by atoms with van der Waals surface area (Å²) in [6, 6.07) is 0.313. The molecule has 1 aliphatic heterocycles. The molecule has 0 radical (unpaired) electrons. The number of nitrogens with two attached hydrogens (primary N) is 1. The summed E-state index contributed by atoms with van der Waals surface area (Å²) in [4.78, 5) is 13.0. The Kier molecular flexibility index (Phi) is 6.02. The number of hydrogen-bond donors (Lipinski definition) is 2. The lowest BCUT2D eigenvalue weighted by molar-refractivity contribution is -0.225. The molecule has 2 saturated carbocycles. The van der Waals surface area contributed by atoms with Gasteiger partial charge in [0, 0.05) is 24.0 Å². The minimum atomic E-state index is -0.763. The van der Waals surface area contributed by atoms with E-state index < -0.39 is 5.54 Å². The van der Waals surface area contributed by atoms with Gasteiger partial charge < -0.3 is 15.8 Å². The summed E-state index contributed by atoms with van der Waals surface area (Å²) in [7, 11) is 0. The quantitative estimate of drug-likeness (QED) is 0.808. The molecule has 3 atom stereocenters. The molecule has 0 aromatic carbocycles. The summed E-state index contributed by atoms with van der Waals surface area (Å²) in [5.74, 6) is 0.250. The molecule has 3 fully saturated rings. The number of nitrogens with one attached hydrogen (secondary N) is 1. The number of hydrogen-bond acceptors (Lipinski definition) is 3. The number of fused-ring (bicyclic) bond motifs is 1. The molecule has 1 saturated heterocycles. The van der Waals surface area contributed by atoms with E-state index in [9.17, 15) is 4.79 Å². The van der Waals surface area contributed by atoms with Crippen LogP contribution in [0.5, 0.6) is 0 Å². The lowest BCUT2D eigenvalue weighted by atomic mass is 9.46. The first-order valence-electron chi connectivity index (χ1n) is 9.19. The van der Waals surface area contributed by atoms with Gasteiger partial charge in [0.05, 0.1) is 6.10 Å². The van der Waals surface area contributed by atoms with Crippen LogP contribution in [0.2, 0.25) is 0 Å². The highest BCUT2D eigenvalue weighted by molar-refractivity contribution is 5.89. The van der Waals surface area contributed by atoms with E-state index in [0.717, 1.165) is 32.3 Å². The summed E-state index contributed by atoms with van der Waals surface area (Å²) in [5, 5.41) is 3.30. The summed E-state index contributed by atoms with van der Waals surface area (Å²) in [6.07, 6.45) is 10.8. The molecule has 0 bridgehead atoms. The van der Waals surface area contributed by atoms with E-state index in [-0.39, 0.29) is 35.8 Å². The standard InChI is InChI=1S/C18H32N2O2.ClH/c1-17(2)15-14(11-8-12-22-15)18(17,19)16(21)20-13-9-6-4-3-5-7-10-13;/h13-15H,3-12,19H2,1-2H3,(H,20,21);1H. The lowest BCUT2D eigenvalue weighted by Crippen LogP contribution is -2.82. The third kappa shape index (κ3) is 3.14. The van der Waals surface area contributed by atoms with Crippen LogP contribution in [0.3, 0.4) is 0 Å². The molecule has 3 unspecified atom stereocenters. The molecule has 4 nitrogen and oxygen atoms in total. The molecule has 0 aromatic heterocycles. The Morgan fingerprint density at radius 3 is 2.30 bits per heavy atom. The molecule has 23 heavy (non-hydrogen) atoms. The van der Waals surface area contributed by atoms with Crippen molar-refractivity contribution in [2.75, 3.05) is 6.61 Å². The summed E-state index contributed by atoms with van der Waals surface area (Å²) >= 11 is 0. The fraction of sp³-hybridized carbons (Fsp3) is 0.944. The topological polar surface area (TPSA) is 64.3 Å². The first kappa shape index (κ1) is 19.0. The summed E-state index contributed by atoms with van der Waals surface area (Å²) in [5.41, 5.74) is 5.64. The van der Waals surface area contributed by atoms with Gasteiger partial charge in [-0.25, -0.2) is 0 Å². The van der Waals surface area contributed by atoms with Crippen molar-refractivity contribution in [1.29, 1.82) is 0 Å². The van der Waals surface area contributed by atoms with Crippen molar-refractivity contribution in [1.82, 2.24) is 5.32 Å². The molecular weight excluding hydrogens is 312 g/mol. The van der Waals surface area contributed by atoms with Crippen molar-refractivity contribution in [3.63, 3.8) is 0 Å². The van der Waals surface area contributed by atoms with Gasteiger partial charge in [-0.1, -0.05) is 46.0 Å². The van der Waals surface area contributed by atoms with Crippen molar-refractivity contribution >= 4 is 18.3 Å². The Morgan fingerprint density at radius 2 is 1.65 bits per heavy atom. The average molecular weight is 345 g/mol. The van der Waals surface area contributed by atoms with Crippen molar-refractivity contribution < 1.29 is 9.53 Å². The maximum atomic E-state index is 13.0. The van der Waals surface area contributed by atoms with E-state index in [1.165, 1.54) is 32.1 Å². The SMILES string of the molecule is CC1(C)C2OCCCC2C1(N)C(=O)NC1CCCCCCC1.Cl. The molecule has 2 aliphatic carbocycles. The average Bonchev–Trinajstić information content (AvgIpc) is 2.48. The zero-order valence-corrected chi connectivity index (χ0v) is 15.4. The maximum absolute atomic E-state index is 13.0. The Balaban J connectivity index is 0.00000192. The van der Waals surface area contributed by atoms with Gasteiger partial charge in [-0.15, -0.1) is 12.4 Å². The number of halogens is 1. The predicted octanol–water partition coefficient (Wildman–Crippen LogP) is 3.17. The second kappa shape index (κ2) is 7.28. The third-order valence-electron chi connectivity index (χ3n) is 6.50. The molecule has 0 spiro atoms. The van der Waals surface area contributed by atoms with E-state index in [4.69, 9.17) is 10.5 Å². The highest BCUT2D eigenvalue weighted by Gasteiger charge is 2.70. The minimum Gasteiger partial charge on any atom is -0.377 e. The maximum Gasteiger partial charge on any atom is 0.241 e. The fourth-order valence-corrected chi connectivity index (χ4v) is 4.94. The molecular formula is C18H33ClN2O2. The summed E-state index contributed by atoms with van der Waals surface area (Å²) < 4.78 is 5.90. The molecule has 3 aliphatic rings. The van der Waals surface area contributed by atoms with Crippen LogP contribution in [-0.2, 0) is 9.53 Å². The molecule has 3 rings (SSSR count). The van der Waals surface area contributed by atoms with Gasteiger partial charge in [0.25, 0.3) is 0 Å². The predicted molar refractivity (Wildman–Crippen MR) is 94.7 cm³/mol. The van der Waals surface area contributed by atoms with Gasteiger partial charge in [-0.3, -0.25) is 4.79 Å². The smallest absolute Gasteiger partial charge is 0.241 e. The number of ether oxygens (including phenoxy) is 1. The van der Waals surface area contributed by atoms with Crippen LogP contribution < -0.4 is 11.1 Å². The van der Waals surface area contributed by atoms with Crippen LogP contribution in [0.15, 0.2) is 0 Å². The van der Waals surface area contributed by atoms with Crippen LogP contribution in [0.4, 0.5) is 0 Å². The Morgan fingerprint density at radius 1 is 1.04 bits per heavy atom.